The van der Waals surface area contributed by atoms with Gasteiger partial charge >= 0.3 is 5.97 Å². The minimum atomic E-state index is -0.907. The van der Waals surface area contributed by atoms with Crippen molar-refractivity contribution in [3.8, 4) is 0 Å². The second-order valence-electron chi connectivity index (χ2n) is 13.6. The highest BCUT2D eigenvalue weighted by atomic mass is 35.5. The summed E-state index contributed by atoms with van der Waals surface area (Å²) < 4.78 is 5.67. The lowest BCUT2D eigenvalue weighted by atomic mass is 9.90. The van der Waals surface area contributed by atoms with Gasteiger partial charge in [0.25, 0.3) is 0 Å². The first-order chi connectivity index (χ1) is 23.1. The second kappa shape index (κ2) is 17.9. The zero-order valence-electron chi connectivity index (χ0n) is 29.2. The molecule has 4 aromatic rings. The van der Waals surface area contributed by atoms with E-state index >= 15 is 0 Å². The van der Waals surface area contributed by atoms with Crippen LogP contribution in [0.1, 0.15) is 86.6 Å². The number of thioether (sulfide) groups is 1. The number of hydrogen-bond donors (Lipinski definition) is 1. The van der Waals surface area contributed by atoms with Crippen molar-refractivity contribution < 1.29 is 14.6 Å². The lowest BCUT2D eigenvalue weighted by Crippen LogP contribution is -2.28. The molecule has 1 aromatic heterocycles. The van der Waals surface area contributed by atoms with Crippen molar-refractivity contribution in [1.82, 2.24) is 9.88 Å². The van der Waals surface area contributed by atoms with E-state index in [4.69, 9.17) is 21.3 Å². The molecule has 262 valence electrons. The second-order valence-corrected chi connectivity index (χ2v) is 15.2. The predicted octanol–water partition coefficient (Wildman–Crippen LogP) is 10.2. The fraction of sp³-hybridized carbons (Fsp3) is 0.415. The molecule has 1 fully saturated rings. The molecule has 0 aliphatic heterocycles. The summed E-state index contributed by atoms with van der Waals surface area (Å²) in [7, 11) is 0. The number of hydrogen-bond acceptors (Lipinski definition) is 6. The lowest BCUT2D eigenvalue weighted by molar-refractivity contribution is -0.145. The number of carbonyl (C=O) groups excluding carboxylic acids is 1. The fourth-order valence-corrected chi connectivity index (χ4v) is 7.96. The van der Waals surface area contributed by atoms with E-state index in [1.807, 2.05) is 68.1 Å². The number of fused-ring (bicyclic) bond motifs is 1. The summed E-state index contributed by atoms with van der Waals surface area (Å²) in [6.07, 6.45) is 8.54. The zero-order valence-corrected chi connectivity index (χ0v) is 31.6. The highest BCUT2D eigenvalue weighted by Crippen LogP contribution is 2.53. The normalized spacial score (nSPS) is 14.6. The minimum Gasteiger partial charge on any atom is -0.464 e. The molecule has 8 heteroatoms. The van der Waals surface area contributed by atoms with Crippen LogP contribution in [-0.4, -0.2) is 53.0 Å². The highest BCUT2D eigenvalue weighted by molar-refractivity contribution is 7.99. The molecule has 1 N–H and O–H groups in total. The minimum absolute atomic E-state index is 0. The average molecular weight is 722 g/mol. The van der Waals surface area contributed by atoms with Gasteiger partial charge < -0.3 is 14.7 Å². The molecular weight excluding hydrogens is 671 g/mol. The summed E-state index contributed by atoms with van der Waals surface area (Å²) in [6, 6.07) is 26.8. The smallest absolute Gasteiger partial charge is 0.306 e. The first-order valence-electron chi connectivity index (χ1n) is 17.2. The third-order valence-electron chi connectivity index (χ3n) is 9.39. The SMILES string of the molecule is CCN(CC)CCOC(=O)CC1(CSC(CCc2ccccc2C(C)(C)O)c2cccc(/C=C/c3ccc4ccc(Cl)cc4n3)c2)CC1.Cl. The Labute approximate surface area is 307 Å². The van der Waals surface area contributed by atoms with Gasteiger partial charge in [0.15, 0.2) is 0 Å². The highest BCUT2D eigenvalue weighted by Gasteiger charge is 2.45. The van der Waals surface area contributed by atoms with E-state index in [9.17, 15) is 9.90 Å². The van der Waals surface area contributed by atoms with Crippen LogP contribution in [0.4, 0.5) is 0 Å². The maximum atomic E-state index is 12.8. The molecule has 0 radical (unpaired) electrons. The van der Waals surface area contributed by atoms with Gasteiger partial charge in [0, 0.05) is 28.0 Å². The Morgan fingerprint density at radius 3 is 2.53 bits per heavy atom. The quantitative estimate of drug-likeness (QED) is 0.110. The van der Waals surface area contributed by atoms with Crippen LogP contribution in [0, 0.1) is 5.41 Å². The molecule has 5 nitrogen and oxygen atoms in total. The van der Waals surface area contributed by atoms with E-state index in [1.165, 1.54) is 11.1 Å². The van der Waals surface area contributed by atoms with Gasteiger partial charge in [0.1, 0.15) is 6.61 Å². The van der Waals surface area contributed by atoms with Gasteiger partial charge in [0.2, 0.25) is 0 Å². The number of rotatable bonds is 17. The van der Waals surface area contributed by atoms with Gasteiger partial charge in [-0.2, -0.15) is 11.8 Å². The maximum absolute atomic E-state index is 12.8. The summed E-state index contributed by atoms with van der Waals surface area (Å²) in [5.41, 5.74) is 5.39. The zero-order chi connectivity index (χ0) is 34.1. The van der Waals surface area contributed by atoms with Crippen molar-refractivity contribution in [2.45, 2.75) is 70.7 Å². The molecule has 0 saturated heterocycles. The number of pyridine rings is 1. The molecule has 0 spiro atoms. The molecule has 1 aliphatic rings. The third kappa shape index (κ3) is 11.3. The predicted molar refractivity (Wildman–Crippen MR) is 210 cm³/mol. The Morgan fingerprint density at radius 2 is 1.80 bits per heavy atom. The number of aryl methyl sites for hydroxylation is 1. The Bertz CT molecular complexity index is 1710. The number of carbonyl (C=O) groups is 1. The van der Waals surface area contributed by atoms with Gasteiger partial charge in [-0.05, 0) is 105 Å². The number of aromatic nitrogens is 1. The first-order valence-corrected chi connectivity index (χ1v) is 18.6. The lowest BCUT2D eigenvalue weighted by Gasteiger charge is -2.24. The molecule has 3 aromatic carbocycles. The van der Waals surface area contributed by atoms with Crippen LogP contribution in [0.3, 0.4) is 0 Å². The molecule has 1 saturated carbocycles. The fourth-order valence-electron chi connectivity index (χ4n) is 6.22. The molecule has 1 aliphatic carbocycles. The van der Waals surface area contributed by atoms with Gasteiger partial charge in [0.05, 0.1) is 23.2 Å². The number of halogens is 2. The van der Waals surface area contributed by atoms with Crippen molar-refractivity contribution >= 4 is 64.8 Å². The maximum Gasteiger partial charge on any atom is 0.306 e. The van der Waals surface area contributed by atoms with E-state index in [1.54, 1.807) is 0 Å². The van der Waals surface area contributed by atoms with E-state index in [-0.39, 0.29) is 29.0 Å². The summed E-state index contributed by atoms with van der Waals surface area (Å²) in [5, 5.41) is 12.8. The summed E-state index contributed by atoms with van der Waals surface area (Å²) in [6.45, 7) is 11.1. The Hall–Kier alpha value is -2.87. The Morgan fingerprint density at radius 1 is 1.04 bits per heavy atom. The van der Waals surface area contributed by atoms with Gasteiger partial charge in [-0.1, -0.05) is 92.2 Å². The van der Waals surface area contributed by atoms with Gasteiger partial charge in [-0.15, -0.1) is 12.4 Å². The van der Waals surface area contributed by atoms with Crippen LogP contribution in [0.25, 0.3) is 23.1 Å². The molecule has 0 bridgehead atoms. The van der Waals surface area contributed by atoms with Crippen LogP contribution >= 0.6 is 35.8 Å². The molecule has 0 amide bonds. The van der Waals surface area contributed by atoms with Crippen LogP contribution in [-0.2, 0) is 21.6 Å². The van der Waals surface area contributed by atoms with Crippen molar-refractivity contribution in [2.24, 2.45) is 5.41 Å². The molecule has 1 unspecified atom stereocenters. The first kappa shape index (κ1) is 38.9. The van der Waals surface area contributed by atoms with E-state index in [2.05, 4.69) is 67.3 Å². The number of benzene rings is 3. The van der Waals surface area contributed by atoms with Crippen LogP contribution in [0.5, 0.6) is 0 Å². The molecule has 1 atom stereocenters. The Kier molecular flexibility index (Phi) is 14.2. The summed E-state index contributed by atoms with van der Waals surface area (Å²) in [5.74, 6) is 0.840. The molecule has 5 rings (SSSR count). The van der Waals surface area contributed by atoms with Crippen LogP contribution in [0.15, 0.2) is 78.9 Å². The number of ether oxygens (including phenoxy) is 1. The standard InChI is InChI=1S/C41H49ClN2O3S.ClH/c1-5-44(6-2)24-25-47-39(45)28-41(22-23-41)29-48-38(21-17-31-11-7-8-13-36(31)40(3,4)46)33-12-9-10-30(26-33)14-19-35-20-16-32-15-18-34(42)27-37(32)43-35;/h7-16,18-20,26-27,38,46H,5-6,17,21-25,28-29H2,1-4H3;1H/b19-14+;. The van der Waals surface area contributed by atoms with Crippen molar-refractivity contribution in [3.05, 3.63) is 112 Å². The third-order valence-corrected chi connectivity index (χ3v) is 11.3. The van der Waals surface area contributed by atoms with Crippen molar-refractivity contribution in [1.29, 1.82) is 0 Å². The number of esters is 1. The van der Waals surface area contributed by atoms with Crippen molar-refractivity contribution in [2.75, 3.05) is 32.0 Å². The van der Waals surface area contributed by atoms with Crippen LogP contribution in [0.2, 0.25) is 5.02 Å². The van der Waals surface area contributed by atoms with E-state index < -0.39 is 5.60 Å². The number of likely N-dealkylation sites (N-methyl/N-ethyl adjacent to an activating group) is 1. The number of aliphatic hydroxyl groups is 1. The summed E-state index contributed by atoms with van der Waals surface area (Å²) >= 11 is 8.17. The number of nitrogens with zero attached hydrogens (tertiary/aromatic N) is 2. The molecule has 1 heterocycles. The monoisotopic (exact) mass is 720 g/mol. The van der Waals surface area contributed by atoms with Crippen LogP contribution < -0.4 is 0 Å². The van der Waals surface area contributed by atoms with Gasteiger partial charge in [-0.3, -0.25) is 4.79 Å². The molecule has 49 heavy (non-hydrogen) atoms. The van der Waals surface area contributed by atoms with E-state index in [0.29, 0.717) is 18.1 Å². The average Bonchev–Trinajstić information content (AvgIpc) is 3.84. The Balaban J connectivity index is 0.00000541. The molecular formula is C41H50Cl2N2O3S. The van der Waals surface area contributed by atoms with E-state index in [0.717, 1.165) is 78.8 Å². The van der Waals surface area contributed by atoms with Gasteiger partial charge in [-0.25, -0.2) is 4.98 Å². The topological polar surface area (TPSA) is 62.7 Å². The van der Waals surface area contributed by atoms with Crippen molar-refractivity contribution in [3.63, 3.8) is 0 Å². The summed E-state index contributed by atoms with van der Waals surface area (Å²) in [4.78, 5) is 19.9. The largest absolute Gasteiger partial charge is 0.464 e.